The van der Waals surface area contributed by atoms with Gasteiger partial charge in [0.05, 0.1) is 38.9 Å². The molecule has 2 aromatic rings. The van der Waals surface area contributed by atoms with Gasteiger partial charge in [-0.15, -0.1) is 0 Å². The van der Waals surface area contributed by atoms with Crippen LogP contribution in [0.4, 0.5) is 0 Å². The number of carbonyl (C=O) groups excluding carboxylic acids is 3. The summed E-state index contributed by atoms with van der Waals surface area (Å²) in [6, 6.07) is 9.41. The van der Waals surface area contributed by atoms with Crippen molar-refractivity contribution < 1.29 is 39.2 Å². The lowest BCUT2D eigenvalue weighted by Gasteiger charge is -2.32. The molecule has 1 fully saturated rings. The molecule has 9 nitrogen and oxygen atoms in total. The fraction of sp³-hybridized carbons (Fsp3) is 0.531. The summed E-state index contributed by atoms with van der Waals surface area (Å²) < 4.78 is 11.2. The molecule has 3 N–H and O–H groups in total. The molecule has 0 spiro atoms. The van der Waals surface area contributed by atoms with Gasteiger partial charge in [0.25, 0.3) is 0 Å². The second-order valence-corrected chi connectivity index (χ2v) is 11.2. The van der Waals surface area contributed by atoms with Crippen LogP contribution >= 0.6 is 0 Å². The third-order valence-electron chi connectivity index (χ3n) is 8.34. The average Bonchev–Trinajstić information content (AvgIpc) is 2.93. The number of hydrogen-bond acceptors (Lipinski definition) is 9. The standard InChI is InChI=1S/C32H41NO8/c1-20(36)13-29(38)27(19-35)23(7-10-34)14-22-16-26-24(4-5-28(37)32(26)30(39)17-22)25-15-21(3-6-31(25)40-2)18-33-8-11-41-12-9-33/h3-6,15,22-23,27,34-35,37H,7-14,16-19H2,1-2H3. The highest BCUT2D eigenvalue weighted by Crippen LogP contribution is 2.43. The van der Waals surface area contributed by atoms with E-state index in [9.17, 15) is 29.7 Å². The molecule has 0 bridgehead atoms. The van der Waals surface area contributed by atoms with Crippen molar-refractivity contribution in [1.82, 2.24) is 4.90 Å². The van der Waals surface area contributed by atoms with Crippen LogP contribution in [-0.2, 0) is 27.3 Å². The van der Waals surface area contributed by atoms with Crippen molar-refractivity contribution in [1.29, 1.82) is 0 Å². The lowest BCUT2D eigenvalue weighted by Crippen LogP contribution is -2.35. The Hall–Kier alpha value is -3.11. The number of hydrogen-bond donors (Lipinski definition) is 3. The Morgan fingerprint density at radius 2 is 1.85 bits per heavy atom. The Morgan fingerprint density at radius 1 is 1.10 bits per heavy atom. The van der Waals surface area contributed by atoms with E-state index in [0.717, 1.165) is 41.9 Å². The van der Waals surface area contributed by atoms with Crippen LogP contribution in [-0.4, -0.2) is 84.2 Å². The second kappa shape index (κ2) is 14.2. The molecule has 4 rings (SSSR count). The Kier molecular flexibility index (Phi) is 10.7. The highest BCUT2D eigenvalue weighted by molar-refractivity contribution is 6.03. The maximum atomic E-state index is 13.4. The summed E-state index contributed by atoms with van der Waals surface area (Å²) in [4.78, 5) is 40.1. The molecule has 41 heavy (non-hydrogen) atoms. The number of rotatable bonds is 13. The lowest BCUT2D eigenvalue weighted by molar-refractivity contribution is -0.131. The van der Waals surface area contributed by atoms with Gasteiger partial charge in [0, 0.05) is 44.1 Å². The average molecular weight is 568 g/mol. The molecular weight excluding hydrogens is 526 g/mol. The van der Waals surface area contributed by atoms with Crippen LogP contribution in [0.15, 0.2) is 30.3 Å². The Bertz CT molecular complexity index is 1250. The molecule has 0 saturated carbocycles. The quantitative estimate of drug-likeness (QED) is 0.312. The summed E-state index contributed by atoms with van der Waals surface area (Å²) in [7, 11) is 1.61. The number of nitrogens with zero attached hydrogens (tertiary/aromatic N) is 1. The van der Waals surface area contributed by atoms with Gasteiger partial charge in [-0.1, -0.05) is 12.1 Å². The van der Waals surface area contributed by atoms with E-state index in [0.29, 0.717) is 37.4 Å². The molecule has 3 unspecified atom stereocenters. The molecule has 0 amide bonds. The van der Waals surface area contributed by atoms with Gasteiger partial charge in [0.15, 0.2) is 5.78 Å². The Morgan fingerprint density at radius 3 is 2.51 bits per heavy atom. The smallest absolute Gasteiger partial charge is 0.167 e. The van der Waals surface area contributed by atoms with E-state index in [2.05, 4.69) is 11.0 Å². The molecule has 0 aromatic heterocycles. The molecule has 1 aliphatic heterocycles. The molecule has 1 heterocycles. The number of phenols is 1. The lowest BCUT2D eigenvalue weighted by atomic mass is 9.72. The first kappa shape index (κ1) is 30.8. The van der Waals surface area contributed by atoms with Gasteiger partial charge in [0.2, 0.25) is 0 Å². The molecule has 2 aromatic carbocycles. The fourth-order valence-electron chi connectivity index (χ4n) is 6.35. The molecule has 0 radical (unpaired) electrons. The van der Waals surface area contributed by atoms with E-state index in [1.165, 1.54) is 6.92 Å². The molecule has 2 aliphatic rings. The van der Waals surface area contributed by atoms with Crippen LogP contribution in [0, 0.1) is 17.8 Å². The van der Waals surface area contributed by atoms with Crippen LogP contribution in [0.3, 0.4) is 0 Å². The first-order chi connectivity index (χ1) is 19.7. The van der Waals surface area contributed by atoms with E-state index in [1.807, 2.05) is 18.2 Å². The summed E-state index contributed by atoms with van der Waals surface area (Å²) in [6.45, 7) is 4.59. The maximum absolute atomic E-state index is 13.4. The first-order valence-electron chi connectivity index (χ1n) is 14.3. The minimum Gasteiger partial charge on any atom is -0.507 e. The summed E-state index contributed by atoms with van der Waals surface area (Å²) in [6.07, 6.45) is 1.08. The SMILES string of the molecule is COc1ccc(CN2CCOCC2)cc1-c1ccc(O)c2c1CC(CC(CCO)C(CO)C(=O)CC(C)=O)CC2=O. The van der Waals surface area contributed by atoms with Crippen LogP contribution in [0.25, 0.3) is 11.1 Å². The van der Waals surface area contributed by atoms with Crippen LogP contribution in [0.5, 0.6) is 11.5 Å². The number of carbonyl (C=O) groups is 3. The van der Waals surface area contributed by atoms with E-state index < -0.39 is 12.5 Å². The minimum atomic E-state index is -0.789. The number of ether oxygens (including phenoxy) is 2. The van der Waals surface area contributed by atoms with Crippen molar-refractivity contribution in [3.63, 3.8) is 0 Å². The topological polar surface area (TPSA) is 134 Å². The van der Waals surface area contributed by atoms with Crippen LogP contribution < -0.4 is 4.74 Å². The van der Waals surface area contributed by atoms with Gasteiger partial charge in [-0.25, -0.2) is 0 Å². The molecule has 9 heteroatoms. The summed E-state index contributed by atoms with van der Waals surface area (Å²) in [5.74, 6) is -1.55. The van der Waals surface area contributed by atoms with E-state index in [1.54, 1.807) is 13.2 Å². The normalized spacial score (nSPS) is 18.9. The Labute approximate surface area is 241 Å². The monoisotopic (exact) mass is 567 g/mol. The second-order valence-electron chi connectivity index (χ2n) is 11.2. The number of Topliss-reactive ketones (excluding diaryl/α,β-unsaturated/α-hetero) is 3. The third-order valence-corrected chi connectivity index (χ3v) is 8.34. The first-order valence-corrected chi connectivity index (χ1v) is 14.3. The number of aliphatic hydroxyl groups is 2. The number of ketones is 3. The highest BCUT2D eigenvalue weighted by atomic mass is 16.5. The Balaban J connectivity index is 1.66. The van der Waals surface area contributed by atoms with Crippen molar-refractivity contribution in [3.05, 3.63) is 47.0 Å². The van der Waals surface area contributed by atoms with E-state index in [4.69, 9.17) is 9.47 Å². The van der Waals surface area contributed by atoms with Crippen molar-refractivity contribution in [3.8, 4) is 22.6 Å². The van der Waals surface area contributed by atoms with Gasteiger partial charge in [-0.2, -0.15) is 0 Å². The van der Waals surface area contributed by atoms with Crippen molar-refractivity contribution in [2.24, 2.45) is 17.8 Å². The minimum absolute atomic E-state index is 0.0626. The summed E-state index contributed by atoms with van der Waals surface area (Å²) >= 11 is 0. The zero-order valence-corrected chi connectivity index (χ0v) is 23.9. The van der Waals surface area contributed by atoms with Crippen molar-refractivity contribution in [2.45, 2.75) is 45.6 Å². The van der Waals surface area contributed by atoms with Gasteiger partial charge < -0.3 is 24.8 Å². The van der Waals surface area contributed by atoms with Crippen LogP contribution in [0.1, 0.15) is 54.1 Å². The number of methoxy groups -OCH3 is 1. The number of aliphatic hydroxyl groups excluding tert-OH is 2. The van der Waals surface area contributed by atoms with Gasteiger partial charge in [-0.05, 0) is 72.9 Å². The number of morpholine rings is 1. The predicted molar refractivity (Wildman–Crippen MR) is 153 cm³/mol. The molecule has 1 saturated heterocycles. The number of phenolic OH excluding ortho intramolecular Hbond substituents is 1. The molecule has 3 atom stereocenters. The van der Waals surface area contributed by atoms with Gasteiger partial charge in [0.1, 0.15) is 23.1 Å². The number of aromatic hydroxyl groups is 1. The van der Waals surface area contributed by atoms with Gasteiger partial charge >= 0.3 is 0 Å². The van der Waals surface area contributed by atoms with E-state index >= 15 is 0 Å². The zero-order valence-electron chi connectivity index (χ0n) is 23.9. The molecular formula is C32H41NO8. The zero-order chi connectivity index (χ0) is 29.5. The third kappa shape index (κ3) is 7.40. The van der Waals surface area contributed by atoms with Crippen molar-refractivity contribution in [2.75, 3.05) is 46.6 Å². The summed E-state index contributed by atoms with van der Waals surface area (Å²) in [5, 5.41) is 30.5. The maximum Gasteiger partial charge on any atom is 0.167 e. The van der Waals surface area contributed by atoms with Crippen molar-refractivity contribution >= 4 is 17.3 Å². The molecule has 222 valence electrons. The van der Waals surface area contributed by atoms with Crippen LogP contribution in [0.2, 0.25) is 0 Å². The number of benzene rings is 2. The largest absolute Gasteiger partial charge is 0.507 e. The highest BCUT2D eigenvalue weighted by Gasteiger charge is 2.35. The fourth-order valence-corrected chi connectivity index (χ4v) is 6.35. The molecule has 1 aliphatic carbocycles. The van der Waals surface area contributed by atoms with Gasteiger partial charge in [-0.3, -0.25) is 19.3 Å². The summed E-state index contributed by atoms with van der Waals surface area (Å²) in [5.41, 5.74) is 3.78. The predicted octanol–water partition coefficient (Wildman–Crippen LogP) is 3.19. The number of fused-ring (bicyclic) bond motifs is 1. The van der Waals surface area contributed by atoms with E-state index in [-0.39, 0.29) is 60.8 Å².